The van der Waals surface area contributed by atoms with E-state index in [0.29, 0.717) is 12.1 Å². The molecule has 2 aromatic rings. The van der Waals surface area contributed by atoms with Crippen LogP contribution in [0.4, 0.5) is 5.69 Å². The highest BCUT2D eigenvalue weighted by Crippen LogP contribution is 2.18. The minimum atomic E-state index is -0.448. The van der Waals surface area contributed by atoms with E-state index < -0.39 is 4.92 Å². The van der Waals surface area contributed by atoms with Crippen molar-refractivity contribution in [2.45, 2.75) is 19.4 Å². The molecule has 0 aromatic heterocycles. The van der Waals surface area contributed by atoms with E-state index in [1.807, 2.05) is 0 Å². The fraction of sp³-hybridized carbons (Fsp3) is 0.286. The Morgan fingerprint density at radius 3 is 2.81 bits per heavy atom. The van der Waals surface area contributed by atoms with E-state index in [2.05, 4.69) is 34.5 Å². The Morgan fingerprint density at radius 2 is 2.00 bits per heavy atom. The molecular weight excluding hydrogens is 342 g/mol. The summed E-state index contributed by atoms with van der Waals surface area (Å²) >= 11 is 0. The normalized spacial score (nSPS) is 14.1. The molecule has 0 bridgehead atoms. The molecule has 27 heavy (non-hydrogen) atoms. The van der Waals surface area contributed by atoms with Crippen LogP contribution in [-0.2, 0) is 17.8 Å². The van der Waals surface area contributed by atoms with Crippen LogP contribution in [0.25, 0.3) is 6.08 Å². The summed E-state index contributed by atoms with van der Waals surface area (Å²) in [4.78, 5) is 24.6. The first-order chi connectivity index (χ1) is 13.1. The molecule has 0 radical (unpaired) electrons. The molecule has 0 atom stereocenters. The molecule has 0 spiro atoms. The third-order valence-electron chi connectivity index (χ3n) is 4.67. The predicted octanol–water partition coefficient (Wildman–Crippen LogP) is 3.17. The lowest BCUT2D eigenvalue weighted by molar-refractivity contribution is -0.384. The van der Waals surface area contributed by atoms with Gasteiger partial charge >= 0.3 is 0 Å². The third-order valence-corrected chi connectivity index (χ3v) is 4.67. The molecule has 1 aliphatic rings. The van der Waals surface area contributed by atoms with Gasteiger partial charge in [0.2, 0.25) is 5.91 Å². The van der Waals surface area contributed by atoms with E-state index in [1.165, 1.54) is 29.3 Å². The van der Waals surface area contributed by atoms with E-state index in [1.54, 1.807) is 18.2 Å². The van der Waals surface area contributed by atoms with Crippen LogP contribution < -0.4 is 5.32 Å². The number of hydrogen-bond donors (Lipinski definition) is 1. The monoisotopic (exact) mass is 365 g/mol. The molecule has 6 nitrogen and oxygen atoms in total. The molecule has 1 amide bonds. The van der Waals surface area contributed by atoms with Gasteiger partial charge in [0.25, 0.3) is 5.69 Å². The first-order valence-electron chi connectivity index (χ1n) is 9.11. The van der Waals surface area contributed by atoms with Crippen molar-refractivity contribution in [3.05, 3.63) is 81.4 Å². The lowest BCUT2D eigenvalue weighted by Gasteiger charge is -2.28. The number of carbonyl (C=O) groups is 1. The van der Waals surface area contributed by atoms with Crippen molar-refractivity contribution < 1.29 is 9.72 Å². The van der Waals surface area contributed by atoms with Gasteiger partial charge in [0.1, 0.15) is 0 Å². The molecule has 6 heteroatoms. The summed E-state index contributed by atoms with van der Waals surface area (Å²) < 4.78 is 0. The van der Waals surface area contributed by atoms with Gasteiger partial charge in [0.05, 0.1) is 4.92 Å². The van der Waals surface area contributed by atoms with Gasteiger partial charge in [-0.25, -0.2) is 0 Å². The minimum absolute atomic E-state index is 0.0145. The number of amides is 1. The maximum atomic E-state index is 11.9. The smallest absolute Gasteiger partial charge is 0.270 e. The van der Waals surface area contributed by atoms with Crippen LogP contribution in [0.2, 0.25) is 0 Å². The molecule has 1 heterocycles. The molecule has 0 fully saturated rings. The maximum Gasteiger partial charge on any atom is 0.270 e. The first kappa shape index (κ1) is 18.8. The van der Waals surface area contributed by atoms with Crippen molar-refractivity contribution in [2.24, 2.45) is 0 Å². The van der Waals surface area contributed by atoms with Crippen LogP contribution in [0.3, 0.4) is 0 Å². The van der Waals surface area contributed by atoms with Crippen molar-refractivity contribution in [1.29, 1.82) is 0 Å². The zero-order chi connectivity index (χ0) is 19.1. The average Bonchev–Trinajstić information content (AvgIpc) is 2.69. The minimum Gasteiger partial charge on any atom is -0.353 e. The molecule has 0 unspecified atom stereocenters. The summed E-state index contributed by atoms with van der Waals surface area (Å²) in [6.45, 7) is 3.58. The topological polar surface area (TPSA) is 75.5 Å². The Bertz CT molecular complexity index is 848. The Labute approximate surface area is 158 Å². The molecule has 2 aromatic carbocycles. The molecular formula is C21H23N3O3. The van der Waals surface area contributed by atoms with Crippen molar-refractivity contribution in [2.75, 3.05) is 19.6 Å². The SMILES string of the molecule is O=C(/C=C/c1cccc([N+](=O)[O-])c1)NCCCN1CCc2ccccc2C1. The number of non-ortho nitro benzene ring substituents is 1. The van der Waals surface area contributed by atoms with Crippen molar-refractivity contribution >= 4 is 17.7 Å². The van der Waals surface area contributed by atoms with Gasteiger partial charge in [0, 0.05) is 44.4 Å². The van der Waals surface area contributed by atoms with Gasteiger partial charge in [0.15, 0.2) is 0 Å². The quantitative estimate of drug-likeness (QED) is 0.354. The standard InChI is InChI=1S/C21H23N3O3/c25-21(10-9-17-5-3-8-20(15-17)24(26)27)22-12-4-13-23-14-11-18-6-1-2-7-19(18)16-23/h1-3,5-10,15H,4,11-14,16H2,(H,22,25)/b10-9+. The number of hydrogen-bond acceptors (Lipinski definition) is 4. The summed E-state index contributed by atoms with van der Waals surface area (Å²) in [6.07, 6.45) is 4.97. The second-order valence-electron chi connectivity index (χ2n) is 6.62. The van der Waals surface area contributed by atoms with Crippen molar-refractivity contribution in [3.63, 3.8) is 0 Å². The number of rotatable bonds is 7. The number of carbonyl (C=O) groups excluding carboxylic acids is 1. The number of benzene rings is 2. The summed E-state index contributed by atoms with van der Waals surface area (Å²) in [6, 6.07) is 14.7. The highest BCUT2D eigenvalue weighted by molar-refractivity contribution is 5.91. The van der Waals surface area contributed by atoms with E-state index >= 15 is 0 Å². The summed E-state index contributed by atoms with van der Waals surface area (Å²) in [5, 5.41) is 13.6. The number of nitro benzene ring substituents is 1. The lowest BCUT2D eigenvalue weighted by atomic mass is 10.00. The van der Waals surface area contributed by atoms with Gasteiger partial charge in [-0.15, -0.1) is 0 Å². The molecule has 1 aliphatic heterocycles. The summed E-state index contributed by atoms with van der Waals surface area (Å²) in [5.74, 6) is -0.189. The van der Waals surface area contributed by atoms with Crippen molar-refractivity contribution in [3.8, 4) is 0 Å². The van der Waals surface area contributed by atoms with Crippen LogP contribution in [-0.4, -0.2) is 35.4 Å². The number of nitro groups is 1. The number of nitrogens with one attached hydrogen (secondary N) is 1. The second-order valence-corrected chi connectivity index (χ2v) is 6.62. The van der Waals surface area contributed by atoms with Crippen LogP contribution in [0.1, 0.15) is 23.1 Å². The first-order valence-corrected chi connectivity index (χ1v) is 9.11. The molecule has 0 saturated heterocycles. The number of fused-ring (bicyclic) bond motifs is 1. The molecule has 0 aliphatic carbocycles. The largest absolute Gasteiger partial charge is 0.353 e. The number of nitrogens with zero attached hydrogens (tertiary/aromatic N) is 2. The molecule has 1 N–H and O–H groups in total. The van der Waals surface area contributed by atoms with E-state index in [4.69, 9.17) is 0 Å². The van der Waals surface area contributed by atoms with Crippen LogP contribution in [0.15, 0.2) is 54.6 Å². The maximum absolute atomic E-state index is 11.9. The Morgan fingerprint density at radius 1 is 1.19 bits per heavy atom. The zero-order valence-corrected chi connectivity index (χ0v) is 15.1. The van der Waals surface area contributed by atoms with E-state index in [0.717, 1.165) is 32.5 Å². The Kier molecular flexibility index (Phi) is 6.33. The third kappa shape index (κ3) is 5.49. The van der Waals surface area contributed by atoms with Crippen molar-refractivity contribution in [1.82, 2.24) is 10.2 Å². The molecule has 3 rings (SSSR count). The summed E-state index contributed by atoms with van der Waals surface area (Å²) in [5.41, 5.74) is 3.48. The average molecular weight is 365 g/mol. The van der Waals surface area contributed by atoms with Gasteiger partial charge in [-0.2, -0.15) is 0 Å². The highest BCUT2D eigenvalue weighted by atomic mass is 16.6. The van der Waals surface area contributed by atoms with Crippen LogP contribution >= 0.6 is 0 Å². The molecule has 140 valence electrons. The van der Waals surface area contributed by atoms with Gasteiger partial charge < -0.3 is 5.32 Å². The zero-order valence-electron chi connectivity index (χ0n) is 15.1. The lowest BCUT2D eigenvalue weighted by Crippen LogP contribution is -2.33. The fourth-order valence-corrected chi connectivity index (χ4v) is 3.23. The van der Waals surface area contributed by atoms with Gasteiger partial charge in [-0.1, -0.05) is 36.4 Å². The highest BCUT2D eigenvalue weighted by Gasteiger charge is 2.14. The second kappa shape index (κ2) is 9.09. The van der Waals surface area contributed by atoms with E-state index in [9.17, 15) is 14.9 Å². The Hall–Kier alpha value is -2.99. The van der Waals surface area contributed by atoms with Crippen LogP contribution in [0.5, 0.6) is 0 Å². The molecule has 0 saturated carbocycles. The summed E-state index contributed by atoms with van der Waals surface area (Å²) in [7, 11) is 0. The fourth-order valence-electron chi connectivity index (χ4n) is 3.23. The predicted molar refractivity (Wildman–Crippen MR) is 105 cm³/mol. The van der Waals surface area contributed by atoms with Crippen LogP contribution in [0, 0.1) is 10.1 Å². The van der Waals surface area contributed by atoms with E-state index in [-0.39, 0.29) is 11.6 Å². The van der Waals surface area contributed by atoms with Gasteiger partial charge in [-0.3, -0.25) is 19.8 Å². The van der Waals surface area contributed by atoms with Gasteiger partial charge in [-0.05, 0) is 35.6 Å². The Balaban J connectivity index is 1.39.